The quantitative estimate of drug-likeness (QED) is 0.568. The fraction of sp³-hybridized carbons (Fsp3) is 0.125. The van der Waals surface area contributed by atoms with E-state index in [0.29, 0.717) is 17.1 Å². The molecule has 2 N–H and O–H groups in total. The van der Waals surface area contributed by atoms with Gasteiger partial charge in [0.25, 0.3) is 11.8 Å². The van der Waals surface area contributed by atoms with E-state index in [0.717, 1.165) is 3.57 Å². The molecule has 0 aromatic heterocycles. The molecule has 0 spiro atoms. The molecule has 0 heterocycles. The molecular formula is C16H15IN2O4. The fourth-order valence-electron chi connectivity index (χ4n) is 1.69. The van der Waals surface area contributed by atoms with E-state index in [1.54, 1.807) is 49.6 Å². The number of methoxy groups -OCH3 is 1. The highest BCUT2D eigenvalue weighted by atomic mass is 127. The van der Waals surface area contributed by atoms with Gasteiger partial charge in [-0.05, 0) is 65.1 Å². The van der Waals surface area contributed by atoms with E-state index in [1.807, 2.05) is 6.07 Å². The van der Waals surface area contributed by atoms with Crippen LogP contribution in [0.5, 0.6) is 11.5 Å². The summed E-state index contributed by atoms with van der Waals surface area (Å²) in [7, 11) is 1.57. The van der Waals surface area contributed by atoms with Crippen molar-refractivity contribution in [3.8, 4) is 11.5 Å². The molecule has 2 aromatic carbocycles. The molecular weight excluding hydrogens is 411 g/mol. The van der Waals surface area contributed by atoms with Crippen molar-refractivity contribution in [3.63, 3.8) is 0 Å². The van der Waals surface area contributed by atoms with E-state index in [1.165, 1.54) is 0 Å². The van der Waals surface area contributed by atoms with Gasteiger partial charge in [0.05, 0.1) is 7.11 Å². The number of halogens is 1. The van der Waals surface area contributed by atoms with Crippen molar-refractivity contribution in [1.82, 2.24) is 10.9 Å². The molecule has 0 fully saturated rings. The highest BCUT2D eigenvalue weighted by Gasteiger charge is 2.08. The minimum Gasteiger partial charge on any atom is -0.497 e. The molecule has 2 aromatic rings. The Morgan fingerprint density at radius 1 is 1.04 bits per heavy atom. The van der Waals surface area contributed by atoms with Crippen molar-refractivity contribution in [1.29, 1.82) is 0 Å². The first-order chi connectivity index (χ1) is 11.1. The summed E-state index contributed by atoms with van der Waals surface area (Å²) >= 11 is 2.11. The molecule has 23 heavy (non-hydrogen) atoms. The van der Waals surface area contributed by atoms with Crippen molar-refractivity contribution in [3.05, 3.63) is 57.7 Å². The number of ether oxygens (including phenoxy) is 2. The average Bonchev–Trinajstić information content (AvgIpc) is 2.58. The van der Waals surface area contributed by atoms with Gasteiger partial charge in [-0.3, -0.25) is 20.4 Å². The SMILES string of the molecule is COc1ccc(OCC(=O)NNC(=O)c2cccc(I)c2)cc1. The minimum absolute atomic E-state index is 0.209. The Hall–Kier alpha value is -2.29. The Kier molecular flexibility index (Phi) is 6.21. The maximum absolute atomic E-state index is 11.9. The van der Waals surface area contributed by atoms with Crippen LogP contribution in [0, 0.1) is 3.57 Å². The second kappa shape index (κ2) is 8.37. The summed E-state index contributed by atoms with van der Waals surface area (Å²) in [6, 6.07) is 13.9. The third kappa shape index (κ3) is 5.44. The number of rotatable bonds is 5. The predicted molar refractivity (Wildman–Crippen MR) is 93.3 cm³/mol. The molecule has 0 bridgehead atoms. The Balaban J connectivity index is 1.77. The average molecular weight is 426 g/mol. The topological polar surface area (TPSA) is 76.7 Å². The second-order valence-electron chi connectivity index (χ2n) is 4.48. The molecule has 120 valence electrons. The van der Waals surface area contributed by atoms with Gasteiger partial charge in [0.1, 0.15) is 11.5 Å². The van der Waals surface area contributed by atoms with Crippen LogP contribution < -0.4 is 20.3 Å². The smallest absolute Gasteiger partial charge is 0.276 e. The number of carbonyl (C=O) groups excluding carboxylic acids is 2. The van der Waals surface area contributed by atoms with Gasteiger partial charge < -0.3 is 9.47 Å². The summed E-state index contributed by atoms with van der Waals surface area (Å²) in [6.45, 7) is -0.209. The summed E-state index contributed by atoms with van der Waals surface area (Å²) in [4.78, 5) is 23.5. The lowest BCUT2D eigenvalue weighted by molar-refractivity contribution is -0.123. The Morgan fingerprint density at radius 2 is 1.74 bits per heavy atom. The van der Waals surface area contributed by atoms with E-state index in [4.69, 9.17) is 9.47 Å². The van der Waals surface area contributed by atoms with Gasteiger partial charge >= 0.3 is 0 Å². The number of amides is 2. The Morgan fingerprint density at radius 3 is 2.39 bits per heavy atom. The van der Waals surface area contributed by atoms with Crippen LogP contribution in [0.15, 0.2) is 48.5 Å². The monoisotopic (exact) mass is 426 g/mol. The van der Waals surface area contributed by atoms with Gasteiger partial charge in [-0.2, -0.15) is 0 Å². The number of hydrazine groups is 1. The third-order valence-electron chi connectivity index (χ3n) is 2.83. The molecule has 0 aliphatic carbocycles. The number of carbonyl (C=O) groups is 2. The van der Waals surface area contributed by atoms with Crippen molar-refractivity contribution < 1.29 is 19.1 Å². The lowest BCUT2D eigenvalue weighted by Gasteiger charge is -2.09. The van der Waals surface area contributed by atoms with Crippen LogP contribution >= 0.6 is 22.6 Å². The van der Waals surface area contributed by atoms with E-state index >= 15 is 0 Å². The molecule has 2 amide bonds. The van der Waals surface area contributed by atoms with E-state index in [2.05, 4.69) is 33.4 Å². The zero-order valence-electron chi connectivity index (χ0n) is 12.3. The van der Waals surface area contributed by atoms with Gasteiger partial charge in [-0.15, -0.1) is 0 Å². The fourth-order valence-corrected chi connectivity index (χ4v) is 2.23. The first-order valence-electron chi connectivity index (χ1n) is 6.70. The van der Waals surface area contributed by atoms with Crippen LogP contribution in [0.2, 0.25) is 0 Å². The van der Waals surface area contributed by atoms with Gasteiger partial charge in [-0.25, -0.2) is 0 Å². The molecule has 0 aliphatic heterocycles. The highest BCUT2D eigenvalue weighted by Crippen LogP contribution is 2.16. The standard InChI is InChI=1S/C16H15IN2O4/c1-22-13-5-7-14(8-6-13)23-10-15(20)18-19-16(21)11-3-2-4-12(17)9-11/h2-9H,10H2,1H3,(H,18,20)(H,19,21). The molecule has 0 aliphatic rings. The number of hydrogen-bond donors (Lipinski definition) is 2. The predicted octanol–water partition coefficient (Wildman–Crippen LogP) is 2.14. The molecule has 0 saturated heterocycles. The maximum Gasteiger partial charge on any atom is 0.276 e. The summed E-state index contributed by atoms with van der Waals surface area (Å²) in [5, 5.41) is 0. The maximum atomic E-state index is 11.9. The molecule has 7 heteroatoms. The van der Waals surface area contributed by atoms with Crippen LogP contribution in [0.25, 0.3) is 0 Å². The highest BCUT2D eigenvalue weighted by molar-refractivity contribution is 14.1. The van der Waals surface area contributed by atoms with Crippen LogP contribution in [-0.2, 0) is 4.79 Å². The van der Waals surface area contributed by atoms with Crippen LogP contribution in [-0.4, -0.2) is 25.5 Å². The van der Waals surface area contributed by atoms with E-state index < -0.39 is 5.91 Å². The number of hydrogen-bond acceptors (Lipinski definition) is 4. The van der Waals surface area contributed by atoms with E-state index in [-0.39, 0.29) is 12.5 Å². The summed E-state index contributed by atoms with van der Waals surface area (Å²) in [6.07, 6.45) is 0. The third-order valence-corrected chi connectivity index (χ3v) is 3.50. The lowest BCUT2D eigenvalue weighted by atomic mass is 10.2. The Bertz CT molecular complexity index is 689. The van der Waals surface area contributed by atoms with Crippen molar-refractivity contribution >= 4 is 34.4 Å². The largest absolute Gasteiger partial charge is 0.497 e. The summed E-state index contributed by atoms with van der Waals surface area (Å²) in [5.41, 5.74) is 5.11. The minimum atomic E-state index is -0.459. The summed E-state index contributed by atoms with van der Waals surface area (Å²) in [5.74, 6) is 0.387. The number of nitrogens with one attached hydrogen (secondary N) is 2. The molecule has 0 saturated carbocycles. The first kappa shape index (κ1) is 17.1. The molecule has 0 unspecified atom stereocenters. The first-order valence-corrected chi connectivity index (χ1v) is 7.78. The molecule has 0 atom stereocenters. The normalized spacial score (nSPS) is 9.83. The van der Waals surface area contributed by atoms with Gasteiger partial charge in [0, 0.05) is 9.13 Å². The lowest BCUT2D eigenvalue weighted by Crippen LogP contribution is -2.43. The van der Waals surface area contributed by atoms with Gasteiger partial charge in [0.15, 0.2) is 6.61 Å². The molecule has 6 nitrogen and oxygen atoms in total. The van der Waals surface area contributed by atoms with Crippen LogP contribution in [0.4, 0.5) is 0 Å². The van der Waals surface area contributed by atoms with Gasteiger partial charge in [-0.1, -0.05) is 6.07 Å². The van der Waals surface area contributed by atoms with Crippen molar-refractivity contribution in [2.75, 3.05) is 13.7 Å². The van der Waals surface area contributed by atoms with Gasteiger partial charge in [0.2, 0.25) is 0 Å². The van der Waals surface area contributed by atoms with Crippen molar-refractivity contribution in [2.45, 2.75) is 0 Å². The zero-order valence-corrected chi connectivity index (χ0v) is 14.5. The molecule has 2 rings (SSSR count). The van der Waals surface area contributed by atoms with Crippen LogP contribution in [0.3, 0.4) is 0 Å². The van der Waals surface area contributed by atoms with E-state index in [9.17, 15) is 9.59 Å². The van der Waals surface area contributed by atoms with Crippen molar-refractivity contribution in [2.24, 2.45) is 0 Å². The Labute approximate surface area is 147 Å². The molecule has 0 radical (unpaired) electrons. The van der Waals surface area contributed by atoms with Crippen LogP contribution in [0.1, 0.15) is 10.4 Å². The second-order valence-corrected chi connectivity index (χ2v) is 5.72. The zero-order chi connectivity index (χ0) is 16.7. The summed E-state index contributed by atoms with van der Waals surface area (Å²) < 4.78 is 11.3. The number of benzene rings is 2.